The zero-order valence-electron chi connectivity index (χ0n) is 13.6. The largest absolute Gasteiger partial charge is 0.481 e. The monoisotopic (exact) mass is 353 g/mol. The Balaban J connectivity index is 2.08. The van der Waals surface area contributed by atoms with Crippen molar-refractivity contribution in [3.05, 3.63) is 70.7 Å². The molecule has 0 aromatic heterocycles. The van der Waals surface area contributed by atoms with Crippen LogP contribution in [0, 0.1) is 6.92 Å². The van der Waals surface area contributed by atoms with E-state index in [4.69, 9.17) is 21.4 Å². The van der Waals surface area contributed by atoms with Crippen LogP contribution < -0.4 is 4.74 Å². The van der Waals surface area contributed by atoms with Crippen LogP contribution in [-0.2, 0) is 4.79 Å². The number of aliphatic carboxylic acids is 1. The average molecular weight is 354 g/mol. The van der Waals surface area contributed by atoms with Crippen LogP contribution in [0.25, 0.3) is 10.8 Å². The molecule has 5 heteroatoms. The minimum atomic E-state index is -1.03. The van der Waals surface area contributed by atoms with Gasteiger partial charge in [-0.1, -0.05) is 48.0 Å². The Kier molecular flexibility index (Phi) is 5.00. The summed E-state index contributed by atoms with van der Waals surface area (Å²) in [6.07, 6.45) is 1.69. The number of nitrogens with zero attached hydrogens (tertiary/aromatic N) is 1. The van der Waals surface area contributed by atoms with Gasteiger partial charge in [0.15, 0.2) is 6.61 Å². The molecule has 0 fully saturated rings. The number of carbonyl (C=O) groups is 1. The van der Waals surface area contributed by atoms with Crippen LogP contribution in [0.15, 0.2) is 59.6 Å². The summed E-state index contributed by atoms with van der Waals surface area (Å²) < 4.78 is 5.43. The summed E-state index contributed by atoms with van der Waals surface area (Å²) >= 11 is 6.05. The van der Waals surface area contributed by atoms with Crippen LogP contribution in [0.4, 0.5) is 5.69 Å². The molecule has 0 bridgehead atoms. The van der Waals surface area contributed by atoms with Gasteiger partial charge in [-0.25, -0.2) is 4.79 Å². The van der Waals surface area contributed by atoms with Gasteiger partial charge in [-0.15, -0.1) is 0 Å². The van der Waals surface area contributed by atoms with E-state index in [1.165, 1.54) is 0 Å². The molecule has 0 amide bonds. The molecule has 0 unspecified atom stereocenters. The van der Waals surface area contributed by atoms with E-state index >= 15 is 0 Å². The van der Waals surface area contributed by atoms with E-state index in [-0.39, 0.29) is 0 Å². The fraction of sp³-hybridized carbons (Fsp3) is 0.100. The van der Waals surface area contributed by atoms with E-state index in [9.17, 15) is 4.79 Å². The molecule has 0 saturated carbocycles. The lowest BCUT2D eigenvalue weighted by Crippen LogP contribution is -2.10. The van der Waals surface area contributed by atoms with Crippen molar-refractivity contribution in [3.8, 4) is 5.75 Å². The number of aryl methyl sites for hydroxylation is 1. The first-order chi connectivity index (χ1) is 12.0. The summed E-state index contributed by atoms with van der Waals surface area (Å²) in [5, 5.41) is 11.5. The van der Waals surface area contributed by atoms with Crippen molar-refractivity contribution >= 4 is 40.2 Å². The van der Waals surface area contributed by atoms with E-state index in [2.05, 4.69) is 4.99 Å². The van der Waals surface area contributed by atoms with Crippen molar-refractivity contribution in [3.63, 3.8) is 0 Å². The van der Waals surface area contributed by atoms with Crippen molar-refractivity contribution in [1.29, 1.82) is 0 Å². The first-order valence-corrected chi connectivity index (χ1v) is 8.09. The van der Waals surface area contributed by atoms with Gasteiger partial charge in [-0.05, 0) is 41.5 Å². The van der Waals surface area contributed by atoms with Gasteiger partial charge >= 0.3 is 5.97 Å². The minimum Gasteiger partial charge on any atom is -0.481 e. The quantitative estimate of drug-likeness (QED) is 0.655. The third kappa shape index (κ3) is 3.98. The zero-order chi connectivity index (χ0) is 17.8. The van der Waals surface area contributed by atoms with Gasteiger partial charge < -0.3 is 9.84 Å². The fourth-order valence-corrected chi connectivity index (χ4v) is 2.70. The van der Waals surface area contributed by atoms with Crippen molar-refractivity contribution in [1.82, 2.24) is 0 Å². The van der Waals surface area contributed by atoms with Crippen LogP contribution in [0.3, 0.4) is 0 Å². The number of ether oxygens (including phenoxy) is 1. The van der Waals surface area contributed by atoms with Gasteiger partial charge in [0.1, 0.15) is 5.75 Å². The predicted molar refractivity (Wildman–Crippen MR) is 101 cm³/mol. The van der Waals surface area contributed by atoms with Gasteiger partial charge in [0.2, 0.25) is 0 Å². The molecule has 0 atom stereocenters. The first kappa shape index (κ1) is 17.0. The Morgan fingerprint density at radius 3 is 2.80 bits per heavy atom. The lowest BCUT2D eigenvalue weighted by Gasteiger charge is -2.10. The number of halogens is 1. The third-order valence-electron chi connectivity index (χ3n) is 3.79. The van der Waals surface area contributed by atoms with Gasteiger partial charge in [0, 0.05) is 16.8 Å². The molecular formula is C20H16ClNO3. The Morgan fingerprint density at radius 2 is 2.00 bits per heavy atom. The molecule has 0 aliphatic heterocycles. The Hall–Kier alpha value is -2.85. The molecule has 25 heavy (non-hydrogen) atoms. The molecule has 0 heterocycles. The second-order valence-electron chi connectivity index (χ2n) is 5.57. The number of fused-ring (bicyclic) bond motifs is 1. The van der Waals surface area contributed by atoms with Crippen LogP contribution in [0.1, 0.15) is 11.1 Å². The zero-order valence-corrected chi connectivity index (χ0v) is 14.3. The number of hydrogen-bond donors (Lipinski definition) is 1. The van der Waals surface area contributed by atoms with Crippen LogP contribution in [0.2, 0.25) is 5.02 Å². The van der Waals surface area contributed by atoms with Gasteiger partial charge in [-0.3, -0.25) is 4.99 Å². The van der Waals surface area contributed by atoms with Gasteiger partial charge in [0.25, 0.3) is 0 Å². The predicted octanol–water partition coefficient (Wildman–Crippen LogP) is 5.02. The Bertz CT molecular complexity index is 966. The smallest absolute Gasteiger partial charge is 0.341 e. The van der Waals surface area contributed by atoms with E-state index < -0.39 is 12.6 Å². The summed E-state index contributed by atoms with van der Waals surface area (Å²) in [7, 11) is 0. The van der Waals surface area contributed by atoms with Crippen molar-refractivity contribution in [2.75, 3.05) is 6.61 Å². The van der Waals surface area contributed by atoms with Crippen LogP contribution >= 0.6 is 11.6 Å². The lowest BCUT2D eigenvalue weighted by molar-refractivity contribution is -0.139. The van der Waals surface area contributed by atoms with Crippen molar-refractivity contribution < 1.29 is 14.6 Å². The standard InChI is InChI=1S/C20H16ClNO3/c1-13-6-8-15(21)10-18(13)22-11-17-16-5-3-2-4-14(16)7-9-19(17)25-12-20(23)24/h2-11H,12H2,1H3,(H,23,24). The molecule has 3 rings (SSSR count). The van der Waals surface area contributed by atoms with E-state index in [0.29, 0.717) is 10.8 Å². The first-order valence-electron chi connectivity index (χ1n) is 7.71. The molecule has 4 nitrogen and oxygen atoms in total. The SMILES string of the molecule is Cc1ccc(Cl)cc1N=Cc1c(OCC(=O)O)ccc2ccccc12. The number of rotatable bonds is 5. The number of hydrogen-bond acceptors (Lipinski definition) is 3. The lowest BCUT2D eigenvalue weighted by atomic mass is 10.0. The highest BCUT2D eigenvalue weighted by molar-refractivity contribution is 6.30. The normalized spacial score (nSPS) is 11.1. The molecule has 1 N–H and O–H groups in total. The van der Waals surface area contributed by atoms with Crippen LogP contribution in [0.5, 0.6) is 5.75 Å². The highest BCUT2D eigenvalue weighted by Gasteiger charge is 2.09. The molecule has 3 aromatic rings. The van der Waals surface area contributed by atoms with Gasteiger partial charge in [-0.2, -0.15) is 0 Å². The van der Waals surface area contributed by atoms with E-state index in [1.54, 1.807) is 18.3 Å². The molecular weight excluding hydrogens is 338 g/mol. The van der Waals surface area contributed by atoms with E-state index in [0.717, 1.165) is 27.6 Å². The second-order valence-corrected chi connectivity index (χ2v) is 6.01. The van der Waals surface area contributed by atoms with Crippen molar-refractivity contribution in [2.45, 2.75) is 6.92 Å². The molecule has 0 aliphatic carbocycles. The summed E-state index contributed by atoms with van der Waals surface area (Å²) in [5.74, 6) is -0.550. The maximum absolute atomic E-state index is 10.8. The second kappa shape index (κ2) is 7.36. The minimum absolute atomic E-state index is 0.407. The molecule has 0 radical (unpaired) electrons. The van der Waals surface area contributed by atoms with E-state index in [1.807, 2.05) is 49.4 Å². The summed E-state index contributed by atoms with van der Waals surface area (Å²) in [5.41, 5.74) is 2.48. The summed E-state index contributed by atoms with van der Waals surface area (Å²) in [4.78, 5) is 15.4. The number of carboxylic acids is 1. The molecule has 3 aromatic carbocycles. The molecule has 0 spiro atoms. The molecule has 0 aliphatic rings. The van der Waals surface area contributed by atoms with Crippen molar-refractivity contribution in [2.24, 2.45) is 4.99 Å². The highest BCUT2D eigenvalue weighted by Crippen LogP contribution is 2.28. The van der Waals surface area contributed by atoms with Crippen LogP contribution in [-0.4, -0.2) is 23.9 Å². The Labute approximate surface area is 150 Å². The highest BCUT2D eigenvalue weighted by atomic mass is 35.5. The topological polar surface area (TPSA) is 58.9 Å². The Morgan fingerprint density at radius 1 is 1.20 bits per heavy atom. The molecule has 0 saturated heterocycles. The third-order valence-corrected chi connectivity index (χ3v) is 4.02. The number of carboxylic acid groups (broad SMARTS) is 1. The number of benzene rings is 3. The molecule has 126 valence electrons. The fourth-order valence-electron chi connectivity index (χ4n) is 2.53. The average Bonchev–Trinajstić information content (AvgIpc) is 2.60. The maximum Gasteiger partial charge on any atom is 0.341 e. The maximum atomic E-state index is 10.8. The summed E-state index contributed by atoms with van der Waals surface area (Å²) in [6.45, 7) is 1.54. The summed E-state index contributed by atoms with van der Waals surface area (Å²) in [6, 6.07) is 17.0. The number of aliphatic imine (C=N–C) groups is 1. The van der Waals surface area contributed by atoms with Gasteiger partial charge in [0.05, 0.1) is 5.69 Å².